The molecule has 0 aliphatic rings. The summed E-state index contributed by atoms with van der Waals surface area (Å²) < 4.78 is 0. The summed E-state index contributed by atoms with van der Waals surface area (Å²) in [5.74, 6) is -0.0780. The van der Waals surface area contributed by atoms with E-state index in [1.165, 1.54) is 5.56 Å². The number of carbonyl (C=O) groups is 1. The molecule has 4 heteroatoms. The zero-order chi connectivity index (χ0) is 15.9. The summed E-state index contributed by atoms with van der Waals surface area (Å²) >= 11 is 0. The van der Waals surface area contributed by atoms with Crippen molar-refractivity contribution >= 4 is 17.3 Å². The first-order chi connectivity index (χ1) is 10.6. The molecule has 2 aromatic carbocycles. The molecular weight excluding hydrogens is 274 g/mol. The first-order valence-electron chi connectivity index (χ1n) is 7.54. The molecule has 0 unspecified atom stereocenters. The van der Waals surface area contributed by atoms with Crippen LogP contribution >= 0.6 is 0 Å². The molecule has 4 nitrogen and oxygen atoms in total. The Morgan fingerprint density at radius 1 is 1.18 bits per heavy atom. The molecule has 0 saturated heterocycles. The van der Waals surface area contributed by atoms with Gasteiger partial charge in [-0.15, -0.1) is 0 Å². The van der Waals surface area contributed by atoms with E-state index in [4.69, 9.17) is 5.73 Å². The fourth-order valence-electron chi connectivity index (χ4n) is 2.33. The van der Waals surface area contributed by atoms with Crippen LogP contribution in [0.25, 0.3) is 0 Å². The van der Waals surface area contributed by atoms with Crippen molar-refractivity contribution in [3.63, 3.8) is 0 Å². The van der Waals surface area contributed by atoms with Crippen molar-refractivity contribution in [1.29, 1.82) is 0 Å². The second-order valence-corrected chi connectivity index (χ2v) is 5.37. The van der Waals surface area contributed by atoms with Crippen LogP contribution in [-0.4, -0.2) is 19.5 Å². The van der Waals surface area contributed by atoms with Crippen molar-refractivity contribution in [1.82, 2.24) is 5.32 Å². The number of benzene rings is 2. The minimum atomic E-state index is -0.0780. The third-order valence-corrected chi connectivity index (χ3v) is 3.50. The summed E-state index contributed by atoms with van der Waals surface area (Å²) in [6, 6.07) is 15.7. The number of nitrogen functional groups attached to an aromatic ring is 1. The molecule has 0 atom stereocenters. The SMILES string of the molecule is CCCNC(=O)c1ccc(N(C)Cc2ccccc2)c(N)c1. The smallest absolute Gasteiger partial charge is 0.251 e. The fourth-order valence-corrected chi connectivity index (χ4v) is 2.33. The lowest BCUT2D eigenvalue weighted by molar-refractivity contribution is 0.0953. The maximum atomic E-state index is 11.9. The quantitative estimate of drug-likeness (QED) is 0.806. The monoisotopic (exact) mass is 297 g/mol. The highest BCUT2D eigenvalue weighted by molar-refractivity contribution is 5.96. The molecule has 2 rings (SSSR count). The van der Waals surface area contributed by atoms with E-state index in [-0.39, 0.29) is 5.91 Å². The van der Waals surface area contributed by atoms with Gasteiger partial charge in [-0.25, -0.2) is 0 Å². The minimum absolute atomic E-state index is 0.0780. The van der Waals surface area contributed by atoms with E-state index in [9.17, 15) is 4.79 Å². The average molecular weight is 297 g/mol. The Bertz CT molecular complexity index is 625. The lowest BCUT2D eigenvalue weighted by Gasteiger charge is -2.21. The molecule has 0 fully saturated rings. The van der Waals surface area contributed by atoms with Crippen LogP contribution in [0.15, 0.2) is 48.5 Å². The van der Waals surface area contributed by atoms with E-state index in [0.29, 0.717) is 17.8 Å². The highest BCUT2D eigenvalue weighted by Gasteiger charge is 2.10. The molecule has 0 aromatic heterocycles. The standard InChI is InChI=1S/C18H23N3O/c1-3-11-20-18(22)15-9-10-17(16(19)12-15)21(2)13-14-7-5-4-6-8-14/h4-10,12H,3,11,13,19H2,1-2H3,(H,20,22). The Hall–Kier alpha value is -2.49. The van der Waals surface area contributed by atoms with Crippen LogP contribution in [0.5, 0.6) is 0 Å². The molecule has 0 heterocycles. The van der Waals surface area contributed by atoms with E-state index < -0.39 is 0 Å². The van der Waals surface area contributed by atoms with Gasteiger partial charge in [-0.2, -0.15) is 0 Å². The number of amides is 1. The van der Waals surface area contributed by atoms with Crippen LogP contribution < -0.4 is 16.0 Å². The van der Waals surface area contributed by atoms with E-state index >= 15 is 0 Å². The van der Waals surface area contributed by atoms with Crippen LogP contribution in [0.3, 0.4) is 0 Å². The van der Waals surface area contributed by atoms with Gasteiger partial charge in [0.05, 0.1) is 11.4 Å². The van der Waals surface area contributed by atoms with Crippen molar-refractivity contribution < 1.29 is 4.79 Å². The first kappa shape index (κ1) is 15.9. The molecule has 3 N–H and O–H groups in total. The Morgan fingerprint density at radius 2 is 1.91 bits per heavy atom. The summed E-state index contributed by atoms with van der Waals surface area (Å²) in [6.07, 6.45) is 0.916. The number of hydrogen-bond donors (Lipinski definition) is 2. The molecule has 0 aliphatic carbocycles. The third kappa shape index (κ3) is 4.01. The maximum Gasteiger partial charge on any atom is 0.251 e. The second kappa shape index (κ2) is 7.50. The van der Waals surface area contributed by atoms with E-state index in [0.717, 1.165) is 18.7 Å². The van der Waals surface area contributed by atoms with Gasteiger partial charge >= 0.3 is 0 Å². The molecular formula is C18H23N3O. The Balaban J connectivity index is 2.10. The maximum absolute atomic E-state index is 11.9. The van der Waals surface area contributed by atoms with E-state index in [2.05, 4.69) is 22.3 Å². The van der Waals surface area contributed by atoms with Gasteiger partial charge in [-0.3, -0.25) is 4.79 Å². The van der Waals surface area contributed by atoms with Crippen LogP contribution in [-0.2, 0) is 6.54 Å². The average Bonchev–Trinajstić information content (AvgIpc) is 2.53. The number of hydrogen-bond acceptors (Lipinski definition) is 3. The molecule has 22 heavy (non-hydrogen) atoms. The number of anilines is 2. The first-order valence-corrected chi connectivity index (χ1v) is 7.54. The number of carbonyl (C=O) groups excluding carboxylic acids is 1. The van der Waals surface area contributed by atoms with Gasteiger partial charge in [-0.1, -0.05) is 37.3 Å². The summed E-state index contributed by atoms with van der Waals surface area (Å²) in [5, 5.41) is 2.86. The van der Waals surface area contributed by atoms with E-state index in [1.807, 2.05) is 44.3 Å². The lowest BCUT2D eigenvalue weighted by Crippen LogP contribution is -2.24. The second-order valence-electron chi connectivity index (χ2n) is 5.37. The van der Waals surface area contributed by atoms with Gasteiger partial charge < -0.3 is 16.0 Å². The highest BCUT2D eigenvalue weighted by atomic mass is 16.1. The van der Waals surface area contributed by atoms with Crippen molar-refractivity contribution in [3.8, 4) is 0 Å². The number of rotatable bonds is 6. The van der Waals surface area contributed by atoms with Gasteiger partial charge in [0.2, 0.25) is 0 Å². The van der Waals surface area contributed by atoms with E-state index in [1.54, 1.807) is 6.07 Å². The summed E-state index contributed by atoms with van der Waals surface area (Å²) in [4.78, 5) is 14.0. The largest absolute Gasteiger partial charge is 0.397 e. The fraction of sp³-hybridized carbons (Fsp3) is 0.278. The molecule has 0 saturated carbocycles. The van der Waals surface area contributed by atoms with Gasteiger partial charge in [-0.05, 0) is 30.2 Å². The molecule has 1 amide bonds. The van der Waals surface area contributed by atoms with Crippen LogP contribution in [0.1, 0.15) is 29.3 Å². The summed E-state index contributed by atoms with van der Waals surface area (Å²) in [5.41, 5.74) is 9.48. The van der Waals surface area contributed by atoms with Crippen LogP contribution in [0, 0.1) is 0 Å². The predicted molar refractivity (Wildman–Crippen MR) is 92.0 cm³/mol. The number of nitrogens with two attached hydrogens (primary N) is 1. The molecule has 0 bridgehead atoms. The Kier molecular flexibility index (Phi) is 5.42. The lowest BCUT2D eigenvalue weighted by atomic mass is 10.1. The Labute approximate surface area is 131 Å². The molecule has 0 spiro atoms. The minimum Gasteiger partial charge on any atom is -0.397 e. The highest BCUT2D eigenvalue weighted by Crippen LogP contribution is 2.24. The van der Waals surface area contributed by atoms with Gasteiger partial charge in [0, 0.05) is 25.7 Å². The topological polar surface area (TPSA) is 58.4 Å². The Morgan fingerprint density at radius 3 is 2.55 bits per heavy atom. The van der Waals surface area contributed by atoms with Crippen molar-refractivity contribution in [3.05, 3.63) is 59.7 Å². The van der Waals surface area contributed by atoms with Crippen molar-refractivity contribution in [2.75, 3.05) is 24.2 Å². The van der Waals surface area contributed by atoms with Gasteiger partial charge in [0.15, 0.2) is 0 Å². The normalized spacial score (nSPS) is 10.3. The zero-order valence-corrected chi connectivity index (χ0v) is 13.2. The number of nitrogens with zero attached hydrogens (tertiary/aromatic N) is 1. The van der Waals surface area contributed by atoms with Crippen LogP contribution in [0.2, 0.25) is 0 Å². The third-order valence-electron chi connectivity index (χ3n) is 3.50. The molecule has 0 aliphatic heterocycles. The number of nitrogens with one attached hydrogen (secondary N) is 1. The van der Waals surface area contributed by atoms with Crippen LogP contribution in [0.4, 0.5) is 11.4 Å². The van der Waals surface area contributed by atoms with Crippen molar-refractivity contribution in [2.45, 2.75) is 19.9 Å². The summed E-state index contributed by atoms with van der Waals surface area (Å²) in [6.45, 7) is 3.47. The molecule has 0 radical (unpaired) electrons. The zero-order valence-electron chi connectivity index (χ0n) is 13.2. The van der Waals surface area contributed by atoms with Crippen molar-refractivity contribution in [2.24, 2.45) is 0 Å². The van der Waals surface area contributed by atoms with Gasteiger partial charge in [0.25, 0.3) is 5.91 Å². The summed E-state index contributed by atoms with van der Waals surface area (Å²) in [7, 11) is 2.00. The molecule has 2 aromatic rings. The molecule has 116 valence electrons. The predicted octanol–water partition coefficient (Wildman–Crippen LogP) is 3.05. The van der Waals surface area contributed by atoms with Gasteiger partial charge in [0.1, 0.15) is 0 Å².